The Kier molecular flexibility index (Phi) is 5.30. The quantitative estimate of drug-likeness (QED) is 0.631. The first-order valence-electron chi connectivity index (χ1n) is 9.01. The van der Waals surface area contributed by atoms with Crippen LogP contribution in [0.4, 0.5) is 11.4 Å². The van der Waals surface area contributed by atoms with Crippen molar-refractivity contribution in [3.63, 3.8) is 0 Å². The summed E-state index contributed by atoms with van der Waals surface area (Å²) in [5.41, 5.74) is 2.22. The number of amides is 2. The molecule has 3 aromatic rings. The third-order valence-electron chi connectivity index (χ3n) is 4.31. The molecule has 8 heteroatoms. The van der Waals surface area contributed by atoms with Crippen LogP contribution >= 0.6 is 0 Å². The predicted molar refractivity (Wildman–Crippen MR) is 107 cm³/mol. The van der Waals surface area contributed by atoms with E-state index < -0.39 is 6.04 Å². The molecule has 1 unspecified atom stereocenters. The van der Waals surface area contributed by atoms with Crippen LogP contribution in [0.15, 0.2) is 48.8 Å². The lowest BCUT2D eigenvalue weighted by atomic mass is 9.92. The van der Waals surface area contributed by atoms with Crippen molar-refractivity contribution in [2.24, 2.45) is 0 Å². The maximum atomic E-state index is 12.5. The molecule has 28 heavy (non-hydrogen) atoms. The van der Waals surface area contributed by atoms with E-state index in [2.05, 4.69) is 25.9 Å². The van der Waals surface area contributed by atoms with Crippen molar-refractivity contribution in [1.82, 2.24) is 20.0 Å². The van der Waals surface area contributed by atoms with Crippen molar-refractivity contribution in [1.29, 1.82) is 0 Å². The zero-order valence-electron chi connectivity index (χ0n) is 16.4. The zero-order chi connectivity index (χ0) is 20.3. The minimum Gasteiger partial charge on any atom is -0.324 e. The van der Waals surface area contributed by atoms with Gasteiger partial charge in [-0.3, -0.25) is 19.4 Å². The average Bonchev–Trinajstić information content (AvgIpc) is 3.32. The number of carbonyl (C=O) groups is 2. The molecule has 0 saturated carbocycles. The highest BCUT2D eigenvalue weighted by Gasteiger charge is 2.20. The molecule has 0 radical (unpaired) electrons. The second-order valence-corrected chi connectivity index (χ2v) is 7.60. The minimum absolute atomic E-state index is 0.124. The van der Waals surface area contributed by atoms with Gasteiger partial charge in [0.2, 0.25) is 5.91 Å². The Bertz CT molecular complexity index is 969. The van der Waals surface area contributed by atoms with Crippen LogP contribution in [0.1, 0.15) is 49.9 Å². The molecule has 2 aromatic heterocycles. The summed E-state index contributed by atoms with van der Waals surface area (Å²) in [6, 6.07) is 10.0. The van der Waals surface area contributed by atoms with Crippen LogP contribution in [-0.2, 0) is 10.2 Å². The molecule has 1 aromatic carbocycles. The highest BCUT2D eigenvalue weighted by atomic mass is 16.2. The van der Waals surface area contributed by atoms with Crippen molar-refractivity contribution >= 4 is 23.2 Å². The van der Waals surface area contributed by atoms with Crippen LogP contribution in [0.3, 0.4) is 0 Å². The van der Waals surface area contributed by atoms with Gasteiger partial charge in [-0.2, -0.15) is 10.2 Å². The van der Waals surface area contributed by atoms with Gasteiger partial charge in [0.25, 0.3) is 5.91 Å². The first kappa shape index (κ1) is 19.3. The van der Waals surface area contributed by atoms with E-state index in [1.54, 1.807) is 60.4 Å². The molecule has 0 aliphatic rings. The van der Waals surface area contributed by atoms with Gasteiger partial charge in [-0.15, -0.1) is 0 Å². The minimum atomic E-state index is -0.451. The van der Waals surface area contributed by atoms with Gasteiger partial charge in [0, 0.05) is 34.9 Å². The summed E-state index contributed by atoms with van der Waals surface area (Å²) < 4.78 is 1.57. The maximum absolute atomic E-state index is 12.5. The second kappa shape index (κ2) is 7.67. The molecule has 1 atom stereocenters. The first-order valence-corrected chi connectivity index (χ1v) is 9.01. The molecule has 0 fully saturated rings. The number of nitrogens with zero attached hydrogens (tertiary/aromatic N) is 3. The lowest BCUT2D eigenvalue weighted by molar-refractivity contribution is -0.119. The third kappa shape index (κ3) is 4.46. The van der Waals surface area contributed by atoms with Gasteiger partial charge >= 0.3 is 0 Å². The van der Waals surface area contributed by atoms with Crippen LogP contribution in [0.25, 0.3) is 0 Å². The number of aromatic amines is 1. The van der Waals surface area contributed by atoms with Gasteiger partial charge in [0.05, 0.1) is 0 Å². The predicted octanol–water partition coefficient (Wildman–Crippen LogP) is 3.36. The molecule has 0 bridgehead atoms. The number of anilines is 2. The smallest absolute Gasteiger partial charge is 0.276 e. The standard InChI is InChI=1S/C20H24N6O2/c1-13(26-10-6-9-21-26)18(27)22-14-7-5-8-15(11-14)23-19(28)16-12-17(25-24-16)20(2,3)4/h5-13H,1-4H3,(H,22,27)(H,23,28)(H,24,25). The molecular formula is C20H24N6O2. The van der Waals surface area contributed by atoms with Crippen molar-refractivity contribution in [3.8, 4) is 0 Å². The molecule has 3 rings (SSSR count). The highest BCUT2D eigenvalue weighted by Crippen LogP contribution is 2.21. The van der Waals surface area contributed by atoms with Crippen molar-refractivity contribution in [3.05, 3.63) is 60.2 Å². The summed E-state index contributed by atoms with van der Waals surface area (Å²) in [6.45, 7) is 7.88. The number of hydrogen-bond acceptors (Lipinski definition) is 4. The Morgan fingerprint density at radius 2 is 1.82 bits per heavy atom. The second-order valence-electron chi connectivity index (χ2n) is 7.60. The van der Waals surface area contributed by atoms with Crippen molar-refractivity contribution in [2.75, 3.05) is 10.6 Å². The van der Waals surface area contributed by atoms with E-state index in [9.17, 15) is 9.59 Å². The summed E-state index contributed by atoms with van der Waals surface area (Å²) >= 11 is 0. The molecule has 0 aliphatic carbocycles. The van der Waals surface area contributed by atoms with Crippen LogP contribution in [-0.4, -0.2) is 31.8 Å². The molecule has 8 nitrogen and oxygen atoms in total. The molecule has 0 saturated heterocycles. The van der Waals surface area contributed by atoms with Gasteiger partial charge in [-0.25, -0.2) is 0 Å². The summed E-state index contributed by atoms with van der Waals surface area (Å²) in [5.74, 6) is -0.519. The van der Waals surface area contributed by atoms with Crippen LogP contribution < -0.4 is 10.6 Å². The van der Waals surface area contributed by atoms with E-state index in [1.807, 2.05) is 20.8 Å². The van der Waals surface area contributed by atoms with Gasteiger partial charge in [0.1, 0.15) is 6.04 Å². The molecule has 3 N–H and O–H groups in total. The number of nitrogens with one attached hydrogen (secondary N) is 3. The normalized spacial score (nSPS) is 12.4. The van der Waals surface area contributed by atoms with Crippen LogP contribution in [0.2, 0.25) is 0 Å². The number of carbonyl (C=O) groups excluding carboxylic acids is 2. The Balaban J connectivity index is 1.67. The number of benzene rings is 1. The molecular weight excluding hydrogens is 356 g/mol. The topological polar surface area (TPSA) is 105 Å². The van der Waals surface area contributed by atoms with Crippen LogP contribution in [0.5, 0.6) is 0 Å². The summed E-state index contributed by atoms with van der Waals surface area (Å²) in [6.07, 6.45) is 3.36. The summed E-state index contributed by atoms with van der Waals surface area (Å²) in [4.78, 5) is 24.8. The zero-order valence-corrected chi connectivity index (χ0v) is 16.4. The number of aromatic nitrogens is 4. The molecule has 2 heterocycles. The fourth-order valence-electron chi connectivity index (χ4n) is 2.57. The number of rotatable bonds is 5. The molecule has 146 valence electrons. The SMILES string of the molecule is CC(C(=O)Nc1cccc(NC(=O)c2cc(C(C)(C)C)[nH]n2)c1)n1cccn1. The fraction of sp³-hybridized carbons (Fsp3) is 0.300. The van der Waals surface area contributed by atoms with E-state index in [4.69, 9.17) is 0 Å². The molecule has 0 spiro atoms. The van der Waals surface area contributed by atoms with Gasteiger partial charge < -0.3 is 10.6 Å². The Morgan fingerprint density at radius 3 is 2.43 bits per heavy atom. The average molecular weight is 380 g/mol. The van der Waals surface area contributed by atoms with Crippen LogP contribution in [0, 0.1) is 0 Å². The van der Waals surface area contributed by atoms with E-state index >= 15 is 0 Å². The van der Waals surface area contributed by atoms with E-state index in [-0.39, 0.29) is 17.2 Å². The van der Waals surface area contributed by atoms with E-state index in [0.717, 1.165) is 5.69 Å². The highest BCUT2D eigenvalue weighted by molar-refractivity contribution is 6.03. The number of H-pyrrole nitrogens is 1. The Labute approximate surface area is 163 Å². The van der Waals surface area contributed by atoms with Gasteiger partial charge in [0.15, 0.2) is 5.69 Å². The van der Waals surface area contributed by atoms with Crippen molar-refractivity contribution in [2.45, 2.75) is 39.2 Å². The maximum Gasteiger partial charge on any atom is 0.276 e. The molecule has 0 aliphatic heterocycles. The monoisotopic (exact) mass is 380 g/mol. The van der Waals surface area contributed by atoms with Gasteiger partial charge in [-0.05, 0) is 37.3 Å². The largest absolute Gasteiger partial charge is 0.324 e. The Morgan fingerprint density at radius 1 is 1.11 bits per heavy atom. The van der Waals surface area contributed by atoms with E-state index in [0.29, 0.717) is 17.1 Å². The summed E-state index contributed by atoms with van der Waals surface area (Å²) in [5, 5.41) is 16.7. The lowest BCUT2D eigenvalue weighted by Crippen LogP contribution is -2.24. The first-order chi connectivity index (χ1) is 13.2. The lowest BCUT2D eigenvalue weighted by Gasteiger charge is -2.14. The van der Waals surface area contributed by atoms with Crippen molar-refractivity contribution < 1.29 is 9.59 Å². The third-order valence-corrected chi connectivity index (χ3v) is 4.31. The number of hydrogen-bond donors (Lipinski definition) is 3. The van der Waals surface area contributed by atoms with E-state index in [1.165, 1.54) is 0 Å². The fourth-order valence-corrected chi connectivity index (χ4v) is 2.57. The Hall–Kier alpha value is -3.42. The summed E-state index contributed by atoms with van der Waals surface area (Å²) in [7, 11) is 0. The van der Waals surface area contributed by atoms with Gasteiger partial charge in [-0.1, -0.05) is 26.8 Å². The molecule has 2 amide bonds.